The van der Waals surface area contributed by atoms with E-state index in [4.69, 9.17) is 10.2 Å². The molecule has 1 heterocycles. The molecule has 1 saturated heterocycles. The van der Waals surface area contributed by atoms with Crippen LogP contribution in [-0.4, -0.2) is 35.2 Å². The standard InChI is InChI=1S/C4H7NO4/c6-3(7)2-1-9-4(8)5-2/h2-3,6-7H,1H2,(H,5,8). The summed E-state index contributed by atoms with van der Waals surface area (Å²) in [6.45, 7) is 0.0243. The lowest BCUT2D eigenvalue weighted by atomic mass is 10.3. The van der Waals surface area contributed by atoms with Crippen LogP contribution < -0.4 is 5.32 Å². The van der Waals surface area contributed by atoms with Crippen molar-refractivity contribution >= 4 is 6.09 Å². The summed E-state index contributed by atoms with van der Waals surface area (Å²) in [5, 5.41) is 19.1. The van der Waals surface area contributed by atoms with Crippen LogP contribution in [0.25, 0.3) is 0 Å². The fourth-order valence-corrected chi connectivity index (χ4v) is 0.561. The predicted octanol–water partition coefficient (Wildman–Crippen LogP) is -1.59. The van der Waals surface area contributed by atoms with Gasteiger partial charge in [0.2, 0.25) is 0 Å². The lowest BCUT2D eigenvalue weighted by Crippen LogP contribution is -2.37. The normalized spacial score (nSPS) is 26.1. The molecule has 9 heavy (non-hydrogen) atoms. The van der Waals surface area contributed by atoms with Crippen molar-refractivity contribution in [3.8, 4) is 0 Å². The molecule has 0 aromatic heterocycles. The first kappa shape index (κ1) is 6.31. The van der Waals surface area contributed by atoms with Crippen LogP contribution in [0.4, 0.5) is 4.79 Å². The summed E-state index contributed by atoms with van der Waals surface area (Å²) in [5.74, 6) is 0. The van der Waals surface area contributed by atoms with Crippen LogP contribution in [0, 0.1) is 0 Å². The van der Waals surface area contributed by atoms with Gasteiger partial charge in [-0.05, 0) is 0 Å². The highest BCUT2D eigenvalue weighted by atomic mass is 16.6. The van der Waals surface area contributed by atoms with E-state index in [1.165, 1.54) is 0 Å². The van der Waals surface area contributed by atoms with Crippen LogP contribution in [0.2, 0.25) is 0 Å². The maximum absolute atomic E-state index is 10.2. The van der Waals surface area contributed by atoms with E-state index in [0.717, 1.165) is 0 Å². The first-order valence-electron chi connectivity index (χ1n) is 2.49. The van der Waals surface area contributed by atoms with E-state index in [1.54, 1.807) is 0 Å². The highest BCUT2D eigenvalue weighted by Crippen LogP contribution is 1.99. The summed E-state index contributed by atoms with van der Waals surface area (Å²) in [5.41, 5.74) is 0. The SMILES string of the molecule is O=C1NC(C(O)O)CO1. The van der Waals surface area contributed by atoms with Crippen molar-refractivity contribution in [2.75, 3.05) is 6.61 Å². The topological polar surface area (TPSA) is 78.8 Å². The molecule has 0 aromatic carbocycles. The molecule has 0 bridgehead atoms. The van der Waals surface area contributed by atoms with Crippen molar-refractivity contribution in [1.29, 1.82) is 0 Å². The van der Waals surface area contributed by atoms with Gasteiger partial charge in [-0.25, -0.2) is 4.79 Å². The third-order valence-corrected chi connectivity index (χ3v) is 1.06. The number of hydrogen-bond acceptors (Lipinski definition) is 4. The van der Waals surface area contributed by atoms with Crippen molar-refractivity contribution in [1.82, 2.24) is 5.32 Å². The minimum absolute atomic E-state index is 0.0243. The van der Waals surface area contributed by atoms with Gasteiger partial charge >= 0.3 is 6.09 Å². The second-order valence-electron chi connectivity index (χ2n) is 1.76. The summed E-state index contributed by atoms with van der Waals surface area (Å²) in [6, 6.07) is -0.669. The molecule has 0 radical (unpaired) electrons. The summed E-state index contributed by atoms with van der Waals surface area (Å²) >= 11 is 0. The fourth-order valence-electron chi connectivity index (χ4n) is 0.561. The van der Waals surface area contributed by atoms with Crippen molar-refractivity contribution in [3.05, 3.63) is 0 Å². The van der Waals surface area contributed by atoms with Gasteiger partial charge < -0.3 is 20.3 Å². The lowest BCUT2D eigenvalue weighted by Gasteiger charge is -2.07. The van der Waals surface area contributed by atoms with E-state index in [9.17, 15) is 4.79 Å². The van der Waals surface area contributed by atoms with Crippen LogP contribution in [-0.2, 0) is 4.74 Å². The second-order valence-corrected chi connectivity index (χ2v) is 1.76. The van der Waals surface area contributed by atoms with Crippen molar-refractivity contribution in [2.24, 2.45) is 0 Å². The van der Waals surface area contributed by atoms with Crippen LogP contribution >= 0.6 is 0 Å². The van der Waals surface area contributed by atoms with Gasteiger partial charge in [-0.1, -0.05) is 0 Å². The van der Waals surface area contributed by atoms with Crippen LogP contribution in [0.1, 0.15) is 0 Å². The third-order valence-electron chi connectivity index (χ3n) is 1.06. The Balaban J connectivity index is 2.39. The number of aliphatic hydroxyl groups is 2. The Bertz CT molecular complexity index is 124. The average Bonchev–Trinajstić information content (AvgIpc) is 2.14. The van der Waals surface area contributed by atoms with E-state index < -0.39 is 18.4 Å². The Morgan fingerprint density at radius 2 is 2.44 bits per heavy atom. The quantitative estimate of drug-likeness (QED) is 0.376. The van der Waals surface area contributed by atoms with Gasteiger partial charge in [-0.2, -0.15) is 0 Å². The smallest absolute Gasteiger partial charge is 0.407 e. The number of hydrogen-bond donors (Lipinski definition) is 3. The Labute approximate surface area is 51.2 Å². The van der Waals surface area contributed by atoms with Gasteiger partial charge in [-0.3, -0.25) is 0 Å². The average molecular weight is 133 g/mol. The summed E-state index contributed by atoms with van der Waals surface area (Å²) < 4.78 is 4.36. The highest BCUT2D eigenvalue weighted by molar-refractivity contribution is 5.69. The van der Waals surface area contributed by atoms with Crippen LogP contribution in [0.3, 0.4) is 0 Å². The molecule has 1 aliphatic heterocycles. The number of rotatable bonds is 1. The maximum Gasteiger partial charge on any atom is 0.407 e. The predicted molar refractivity (Wildman–Crippen MR) is 26.5 cm³/mol. The minimum atomic E-state index is -1.53. The van der Waals surface area contributed by atoms with E-state index in [1.807, 2.05) is 0 Å². The molecule has 1 aliphatic rings. The third kappa shape index (κ3) is 1.30. The molecule has 1 atom stereocenters. The molecule has 3 N–H and O–H groups in total. The monoisotopic (exact) mass is 133 g/mol. The first-order valence-corrected chi connectivity index (χ1v) is 2.49. The van der Waals surface area contributed by atoms with Gasteiger partial charge in [0.15, 0.2) is 6.29 Å². The second kappa shape index (κ2) is 2.20. The molecule has 1 fully saturated rings. The van der Waals surface area contributed by atoms with Gasteiger partial charge in [0.05, 0.1) is 0 Å². The molecule has 0 saturated carbocycles. The molecule has 0 aliphatic carbocycles. The van der Waals surface area contributed by atoms with E-state index >= 15 is 0 Å². The van der Waals surface area contributed by atoms with E-state index in [0.29, 0.717) is 0 Å². The molecule has 1 amide bonds. The maximum atomic E-state index is 10.2. The number of amides is 1. The number of aliphatic hydroxyl groups excluding tert-OH is 1. The van der Waals surface area contributed by atoms with E-state index in [2.05, 4.69) is 10.1 Å². The summed E-state index contributed by atoms with van der Waals surface area (Å²) in [7, 11) is 0. The Kier molecular flexibility index (Phi) is 1.54. The summed E-state index contributed by atoms with van der Waals surface area (Å²) in [4.78, 5) is 10.2. The molecule has 1 unspecified atom stereocenters. The van der Waals surface area contributed by atoms with Crippen molar-refractivity contribution in [3.63, 3.8) is 0 Å². The first-order chi connectivity index (χ1) is 4.20. The number of alkyl carbamates (subject to hydrolysis) is 1. The molecule has 0 aromatic rings. The zero-order chi connectivity index (χ0) is 6.85. The Morgan fingerprint density at radius 1 is 1.78 bits per heavy atom. The fraction of sp³-hybridized carbons (Fsp3) is 0.750. The molecule has 0 spiro atoms. The zero-order valence-corrected chi connectivity index (χ0v) is 4.57. The van der Waals surface area contributed by atoms with Crippen molar-refractivity contribution < 1.29 is 19.7 Å². The zero-order valence-electron chi connectivity index (χ0n) is 4.57. The van der Waals surface area contributed by atoms with Crippen molar-refractivity contribution in [2.45, 2.75) is 12.3 Å². The number of carbonyl (C=O) groups excluding carboxylic acids is 1. The molecule has 5 heteroatoms. The largest absolute Gasteiger partial charge is 0.447 e. The Hall–Kier alpha value is -0.810. The molecule has 1 rings (SSSR count). The Morgan fingerprint density at radius 3 is 2.67 bits per heavy atom. The van der Waals surface area contributed by atoms with E-state index in [-0.39, 0.29) is 6.61 Å². The number of ether oxygens (including phenoxy) is 1. The highest BCUT2D eigenvalue weighted by Gasteiger charge is 2.27. The molecular weight excluding hydrogens is 126 g/mol. The van der Waals surface area contributed by atoms with Crippen LogP contribution in [0.5, 0.6) is 0 Å². The van der Waals surface area contributed by atoms with Gasteiger partial charge in [0.25, 0.3) is 0 Å². The van der Waals surface area contributed by atoms with Gasteiger partial charge in [0, 0.05) is 0 Å². The number of cyclic esters (lactones) is 1. The van der Waals surface area contributed by atoms with Gasteiger partial charge in [0.1, 0.15) is 12.6 Å². The van der Waals surface area contributed by atoms with Gasteiger partial charge in [-0.15, -0.1) is 0 Å². The van der Waals surface area contributed by atoms with Crippen LogP contribution in [0.15, 0.2) is 0 Å². The number of nitrogens with one attached hydrogen (secondary N) is 1. The lowest BCUT2D eigenvalue weighted by molar-refractivity contribution is -0.0636. The molecule has 52 valence electrons. The molecular formula is C4H7NO4. The molecule has 5 nitrogen and oxygen atoms in total. The minimum Gasteiger partial charge on any atom is -0.447 e. The summed E-state index contributed by atoms with van der Waals surface area (Å²) in [6.07, 6.45) is -2.13. The number of carbonyl (C=O) groups is 1.